The number of H-pyrrole nitrogens is 1. The zero-order valence-corrected chi connectivity index (χ0v) is 22.6. The van der Waals surface area contributed by atoms with Crippen LogP contribution < -0.4 is 19.8 Å². The third-order valence-corrected chi connectivity index (χ3v) is 10.9. The van der Waals surface area contributed by atoms with E-state index < -0.39 is 8.32 Å². The lowest BCUT2D eigenvalue weighted by molar-refractivity contribution is 0.202. The second-order valence-corrected chi connectivity index (χ2v) is 14.7. The van der Waals surface area contributed by atoms with Crippen molar-refractivity contribution in [3.63, 3.8) is 0 Å². The van der Waals surface area contributed by atoms with Crippen molar-refractivity contribution in [3.05, 3.63) is 39.7 Å². The van der Waals surface area contributed by atoms with Crippen molar-refractivity contribution in [2.75, 3.05) is 27.4 Å². The Kier molecular flexibility index (Phi) is 7.37. The topological polar surface area (TPSA) is 95.6 Å². The molecule has 8 nitrogen and oxygen atoms in total. The number of hydrogen-bond acceptors (Lipinski definition) is 7. The molecule has 0 radical (unpaired) electrons. The highest BCUT2D eigenvalue weighted by atomic mass is 28.4. The Morgan fingerprint density at radius 2 is 1.62 bits per heavy atom. The molecule has 0 spiro atoms. The molecule has 0 aliphatic heterocycles. The van der Waals surface area contributed by atoms with Gasteiger partial charge < -0.3 is 23.6 Å². The smallest absolute Gasteiger partial charge is 0.264 e. The van der Waals surface area contributed by atoms with E-state index in [-0.39, 0.29) is 21.6 Å². The lowest BCUT2D eigenvalue weighted by Crippen LogP contribution is -2.41. The highest BCUT2D eigenvalue weighted by molar-refractivity contribution is 6.74. The summed E-state index contributed by atoms with van der Waals surface area (Å²) in [7, 11) is 1.18. The summed E-state index contributed by atoms with van der Waals surface area (Å²) in [5.74, 6) is 1.91. The van der Waals surface area contributed by atoms with Crippen molar-refractivity contribution in [1.29, 1.82) is 0 Å². The summed E-state index contributed by atoms with van der Waals surface area (Å²) in [5, 5.41) is 0.440. The van der Waals surface area contributed by atoms with Gasteiger partial charge in [-0.3, -0.25) is 4.79 Å². The number of nitrogens with one attached hydrogen (secondary N) is 1. The number of ether oxygens (including phenoxy) is 3. The Hall–Kier alpha value is -2.91. The largest absolute Gasteiger partial charge is 0.496 e. The normalized spacial score (nSPS) is 12.1. The number of hydrogen-bond donors (Lipinski definition) is 1. The first-order valence-corrected chi connectivity index (χ1v) is 14.2. The Labute approximate surface area is 201 Å². The Morgan fingerprint density at radius 1 is 0.971 bits per heavy atom. The fraction of sp³-hybridized carbons (Fsp3) is 0.480. The minimum absolute atomic E-state index is 0.160. The third-order valence-electron chi connectivity index (χ3n) is 6.38. The predicted molar refractivity (Wildman–Crippen MR) is 137 cm³/mol. The molecule has 3 rings (SSSR count). The van der Waals surface area contributed by atoms with Gasteiger partial charge in [0.2, 0.25) is 5.88 Å². The van der Waals surface area contributed by atoms with Crippen molar-refractivity contribution in [1.82, 2.24) is 15.0 Å². The number of aromatic amines is 1. The summed E-state index contributed by atoms with van der Waals surface area (Å²) < 4.78 is 22.9. The van der Waals surface area contributed by atoms with Gasteiger partial charge in [0.15, 0.2) is 14.0 Å². The van der Waals surface area contributed by atoms with Crippen LogP contribution in [-0.4, -0.2) is 50.7 Å². The van der Waals surface area contributed by atoms with Crippen LogP contribution in [0.3, 0.4) is 0 Å². The molecule has 1 aromatic carbocycles. The Balaban J connectivity index is 1.86. The molecule has 2 aromatic heterocycles. The molecule has 3 aromatic rings. The summed E-state index contributed by atoms with van der Waals surface area (Å²) in [6, 6.07) is 5.45. The van der Waals surface area contributed by atoms with Crippen LogP contribution in [0.1, 0.15) is 31.9 Å². The molecule has 1 N–H and O–H groups in total. The molecule has 0 aliphatic rings. The first-order valence-electron chi connectivity index (χ1n) is 11.3. The lowest BCUT2D eigenvalue weighted by Gasteiger charge is -2.36. The molecule has 0 unspecified atom stereocenters. The molecule has 9 heteroatoms. The molecule has 2 heterocycles. The van der Waals surface area contributed by atoms with Crippen molar-refractivity contribution >= 4 is 19.4 Å². The van der Waals surface area contributed by atoms with E-state index in [9.17, 15) is 4.79 Å². The van der Waals surface area contributed by atoms with Gasteiger partial charge in [-0.1, -0.05) is 20.8 Å². The standard InChI is InChI=1S/C25H35N3O5Si/c1-15-12-17(13-16(2)21(15)32-10-11-33-34(8,9)25(3,4)5)22-27-23-20(24(29)28-22)18(30-6)14-19(26-23)31-7/h12-14H,10-11H2,1-9H3,(H,26,27,28,29). The van der Waals surface area contributed by atoms with Gasteiger partial charge in [-0.25, -0.2) is 4.98 Å². The fourth-order valence-electron chi connectivity index (χ4n) is 3.46. The SMILES string of the molecule is COc1cc(OC)c2c(=O)[nH]c(-c3cc(C)c(OCCO[Si](C)(C)C(C)(C)C)c(C)c3)nc2n1. The van der Waals surface area contributed by atoms with Crippen LogP contribution in [0.2, 0.25) is 18.1 Å². The van der Waals surface area contributed by atoms with E-state index in [0.29, 0.717) is 30.7 Å². The Bertz CT molecular complexity index is 1220. The summed E-state index contributed by atoms with van der Waals surface area (Å²) in [6.45, 7) is 16.1. The molecule has 0 bridgehead atoms. The number of aryl methyl sites for hydroxylation is 2. The number of fused-ring (bicyclic) bond motifs is 1. The fourth-order valence-corrected chi connectivity index (χ4v) is 4.49. The predicted octanol–water partition coefficient (Wildman–Crippen LogP) is 5.02. The van der Waals surface area contributed by atoms with Gasteiger partial charge in [-0.2, -0.15) is 4.98 Å². The molecule has 0 aliphatic carbocycles. The first kappa shape index (κ1) is 25.7. The molecule has 0 saturated heterocycles. The van der Waals surface area contributed by atoms with Gasteiger partial charge in [0.1, 0.15) is 29.3 Å². The zero-order chi connectivity index (χ0) is 25.3. The summed E-state index contributed by atoms with van der Waals surface area (Å²) in [6.07, 6.45) is 0. The van der Waals surface area contributed by atoms with Crippen molar-refractivity contribution < 1.29 is 18.6 Å². The average molecular weight is 486 g/mol. The van der Waals surface area contributed by atoms with Crippen LogP contribution in [0.4, 0.5) is 0 Å². The highest BCUT2D eigenvalue weighted by Crippen LogP contribution is 2.36. The van der Waals surface area contributed by atoms with E-state index >= 15 is 0 Å². The molecule has 34 heavy (non-hydrogen) atoms. The highest BCUT2D eigenvalue weighted by Gasteiger charge is 2.36. The second-order valence-electron chi connectivity index (χ2n) is 9.88. The quantitative estimate of drug-likeness (QED) is 0.353. The molecule has 0 fully saturated rings. The third kappa shape index (κ3) is 5.25. The number of benzene rings is 1. The second kappa shape index (κ2) is 9.75. The summed E-state index contributed by atoms with van der Waals surface area (Å²) >= 11 is 0. The summed E-state index contributed by atoms with van der Waals surface area (Å²) in [4.78, 5) is 24.6. The van der Waals surface area contributed by atoms with E-state index in [0.717, 1.165) is 22.4 Å². The number of nitrogens with zero attached hydrogens (tertiary/aromatic N) is 2. The van der Waals surface area contributed by atoms with Crippen LogP contribution >= 0.6 is 0 Å². The monoisotopic (exact) mass is 485 g/mol. The van der Waals surface area contributed by atoms with Gasteiger partial charge in [-0.15, -0.1) is 0 Å². The van der Waals surface area contributed by atoms with E-state index in [1.807, 2.05) is 26.0 Å². The molecule has 0 saturated carbocycles. The maximum Gasteiger partial charge on any atom is 0.264 e. The van der Waals surface area contributed by atoms with E-state index in [1.165, 1.54) is 14.2 Å². The molecule has 0 amide bonds. The van der Waals surface area contributed by atoms with Crippen LogP contribution in [-0.2, 0) is 4.43 Å². The van der Waals surface area contributed by atoms with Crippen LogP contribution in [0, 0.1) is 13.8 Å². The number of rotatable bonds is 8. The van der Waals surface area contributed by atoms with Crippen molar-refractivity contribution in [3.8, 4) is 28.8 Å². The molecular weight excluding hydrogens is 450 g/mol. The first-order chi connectivity index (χ1) is 15.9. The van der Waals surface area contributed by atoms with Gasteiger partial charge >= 0.3 is 0 Å². The molecular formula is C25H35N3O5Si. The van der Waals surface area contributed by atoms with Crippen LogP contribution in [0.15, 0.2) is 23.0 Å². The zero-order valence-electron chi connectivity index (χ0n) is 21.6. The minimum atomic E-state index is -1.81. The van der Waals surface area contributed by atoms with Gasteiger partial charge in [0.25, 0.3) is 5.56 Å². The van der Waals surface area contributed by atoms with E-state index in [4.69, 9.17) is 18.6 Å². The maximum atomic E-state index is 12.8. The lowest BCUT2D eigenvalue weighted by atomic mass is 10.0. The van der Waals surface area contributed by atoms with Crippen molar-refractivity contribution in [2.45, 2.75) is 52.8 Å². The Morgan fingerprint density at radius 3 is 2.18 bits per heavy atom. The minimum Gasteiger partial charge on any atom is -0.496 e. The number of methoxy groups -OCH3 is 2. The van der Waals surface area contributed by atoms with E-state index in [1.54, 1.807) is 6.07 Å². The number of pyridine rings is 1. The molecule has 0 atom stereocenters. The number of aromatic nitrogens is 3. The van der Waals surface area contributed by atoms with Gasteiger partial charge in [0, 0.05) is 11.6 Å². The van der Waals surface area contributed by atoms with Crippen LogP contribution in [0.25, 0.3) is 22.4 Å². The van der Waals surface area contributed by atoms with Gasteiger partial charge in [-0.05, 0) is 55.2 Å². The maximum absolute atomic E-state index is 12.8. The van der Waals surface area contributed by atoms with Gasteiger partial charge in [0.05, 0.1) is 20.8 Å². The van der Waals surface area contributed by atoms with Crippen molar-refractivity contribution in [2.24, 2.45) is 0 Å². The average Bonchev–Trinajstić information content (AvgIpc) is 2.75. The van der Waals surface area contributed by atoms with E-state index in [2.05, 4.69) is 48.8 Å². The summed E-state index contributed by atoms with van der Waals surface area (Å²) in [5.41, 5.74) is 2.59. The van der Waals surface area contributed by atoms with Crippen LogP contribution in [0.5, 0.6) is 17.4 Å². The molecule has 184 valence electrons.